The molecule has 0 heterocycles. The molecule has 0 fully saturated rings. The molecule has 0 aliphatic carbocycles. The first kappa shape index (κ1) is 27.1. The van der Waals surface area contributed by atoms with Crippen molar-refractivity contribution in [2.75, 3.05) is 41.5 Å². The summed E-state index contributed by atoms with van der Waals surface area (Å²) in [6.45, 7) is 4.75. The highest BCUT2D eigenvalue weighted by molar-refractivity contribution is 14.0. The van der Waals surface area contributed by atoms with Crippen LogP contribution in [0.1, 0.15) is 22.3 Å². The van der Waals surface area contributed by atoms with E-state index < -0.39 is 0 Å². The van der Waals surface area contributed by atoms with Crippen LogP contribution < -0.4 is 15.4 Å². The highest BCUT2D eigenvalue weighted by Gasteiger charge is 2.08. The number of methoxy groups -OCH3 is 1. The third-order valence-electron chi connectivity index (χ3n) is 4.49. The van der Waals surface area contributed by atoms with Crippen LogP contribution in [0, 0.1) is 12.7 Å². The van der Waals surface area contributed by atoms with Crippen molar-refractivity contribution in [3.05, 3.63) is 64.5 Å². The average Bonchev–Trinajstić information content (AvgIpc) is 2.71. The van der Waals surface area contributed by atoms with E-state index >= 15 is 0 Å². The molecule has 2 N–H and O–H groups in total. The van der Waals surface area contributed by atoms with Gasteiger partial charge in [0.15, 0.2) is 5.96 Å². The first-order valence-electron chi connectivity index (χ1n) is 10.0. The number of ether oxygens (including phenoxy) is 2. The molecule has 6 nitrogen and oxygen atoms in total. The molecule has 31 heavy (non-hydrogen) atoms. The number of guanidine groups is 1. The number of halogens is 2. The average molecular weight is 544 g/mol. The number of aryl methyl sites for hydroxylation is 1. The molecule has 0 aliphatic heterocycles. The molecule has 2 rings (SSSR count). The lowest BCUT2D eigenvalue weighted by Gasteiger charge is -2.16. The highest BCUT2D eigenvalue weighted by atomic mass is 127. The van der Waals surface area contributed by atoms with E-state index in [1.807, 2.05) is 44.1 Å². The molecule has 0 bridgehead atoms. The van der Waals surface area contributed by atoms with Crippen LogP contribution in [0.3, 0.4) is 0 Å². The monoisotopic (exact) mass is 544 g/mol. The summed E-state index contributed by atoms with van der Waals surface area (Å²) in [7, 11) is 7.23. The van der Waals surface area contributed by atoms with E-state index in [1.165, 1.54) is 6.07 Å². The predicted octanol–water partition coefficient (Wildman–Crippen LogP) is 3.70. The van der Waals surface area contributed by atoms with E-state index in [1.54, 1.807) is 20.2 Å². The van der Waals surface area contributed by atoms with Crippen LogP contribution in [0.15, 0.2) is 41.4 Å². The van der Waals surface area contributed by atoms with Crippen molar-refractivity contribution in [2.45, 2.75) is 26.6 Å². The molecule has 0 amide bonds. The van der Waals surface area contributed by atoms with Gasteiger partial charge in [-0.3, -0.25) is 4.99 Å². The minimum atomic E-state index is -0.185. The number of nitrogens with zero attached hydrogens (tertiary/aromatic N) is 2. The third kappa shape index (κ3) is 9.40. The lowest BCUT2D eigenvalue weighted by Crippen LogP contribution is -2.36. The highest BCUT2D eigenvalue weighted by Crippen LogP contribution is 2.20. The first-order chi connectivity index (χ1) is 14.4. The van der Waals surface area contributed by atoms with Gasteiger partial charge in [0.1, 0.15) is 18.2 Å². The number of rotatable bonds is 10. The second-order valence-electron chi connectivity index (χ2n) is 7.40. The second kappa shape index (κ2) is 14.2. The Bertz CT molecular complexity index is 846. The zero-order valence-corrected chi connectivity index (χ0v) is 21.3. The quantitative estimate of drug-likeness (QED) is 0.207. The van der Waals surface area contributed by atoms with Gasteiger partial charge in [-0.25, -0.2) is 4.39 Å². The van der Waals surface area contributed by atoms with Crippen LogP contribution in [0.25, 0.3) is 0 Å². The number of benzene rings is 2. The Labute approximate surface area is 202 Å². The van der Waals surface area contributed by atoms with E-state index in [9.17, 15) is 4.39 Å². The molecule has 8 heteroatoms. The normalized spacial score (nSPS) is 11.3. The van der Waals surface area contributed by atoms with Crippen LogP contribution in [-0.4, -0.2) is 52.3 Å². The van der Waals surface area contributed by atoms with Gasteiger partial charge >= 0.3 is 0 Å². The summed E-state index contributed by atoms with van der Waals surface area (Å²) in [5, 5.41) is 6.59. The standard InChI is InChI=1S/C23H33FN4O2.HI/c1-17-6-8-19(22(12-17)30-11-10-29-5)15-27-23(25-2)26-14-18-7-9-21(24)20(13-18)16-28(3)4;/h6-9,12-13H,10-11,14-16H2,1-5H3,(H2,25,26,27);1H. The van der Waals surface area contributed by atoms with Crippen molar-refractivity contribution >= 4 is 29.9 Å². The number of nitrogens with one attached hydrogen (secondary N) is 2. The Kier molecular flexibility index (Phi) is 12.4. The smallest absolute Gasteiger partial charge is 0.191 e. The molecule has 0 unspecified atom stereocenters. The topological polar surface area (TPSA) is 58.1 Å². The zero-order chi connectivity index (χ0) is 21.9. The van der Waals surface area contributed by atoms with E-state index in [0.717, 1.165) is 22.4 Å². The van der Waals surface area contributed by atoms with Crippen molar-refractivity contribution in [1.29, 1.82) is 0 Å². The van der Waals surface area contributed by atoms with E-state index in [-0.39, 0.29) is 29.8 Å². The summed E-state index contributed by atoms with van der Waals surface area (Å²) < 4.78 is 24.9. The van der Waals surface area contributed by atoms with Gasteiger partial charge in [0, 0.05) is 44.9 Å². The Hall–Kier alpha value is -1.91. The minimum absolute atomic E-state index is 0. The third-order valence-corrected chi connectivity index (χ3v) is 4.49. The van der Waals surface area contributed by atoms with Gasteiger partial charge in [-0.05, 0) is 50.3 Å². The fourth-order valence-electron chi connectivity index (χ4n) is 2.96. The van der Waals surface area contributed by atoms with Gasteiger partial charge in [-0.1, -0.05) is 18.2 Å². The zero-order valence-electron chi connectivity index (χ0n) is 19.0. The van der Waals surface area contributed by atoms with Crippen LogP contribution in [0.2, 0.25) is 0 Å². The molecule has 0 aliphatic rings. The van der Waals surface area contributed by atoms with Crippen LogP contribution in [0.5, 0.6) is 5.75 Å². The molecule has 2 aromatic carbocycles. The molecule has 0 radical (unpaired) electrons. The molecule has 0 saturated carbocycles. The fraction of sp³-hybridized carbons (Fsp3) is 0.435. The van der Waals surface area contributed by atoms with Gasteiger partial charge in [0.05, 0.1) is 6.61 Å². The van der Waals surface area contributed by atoms with Crippen molar-refractivity contribution in [2.24, 2.45) is 4.99 Å². The number of hydrogen-bond donors (Lipinski definition) is 2. The van der Waals surface area contributed by atoms with Gasteiger partial charge in [-0.2, -0.15) is 0 Å². The molecular weight excluding hydrogens is 510 g/mol. The predicted molar refractivity (Wildman–Crippen MR) is 135 cm³/mol. The summed E-state index contributed by atoms with van der Waals surface area (Å²) in [6, 6.07) is 11.3. The summed E-state index contributed by atoms with van der Waals surface area (Å²) in [6.07, 6.45) is 0. The molecule has 0 atom stereocenters. The van der Waals surface area contributed by atoms with Gasteiger partial charge in [0.25, 0.3) is 0 Å². The first-order valence-corrected chi connectivity index (χ1v) is 10.0. The number of hydrogen-bond acceptors (Lipinski definition) is 4. The number of aliphatic imine (C=N–C) groups is 1. The van der Waals surface area contributed by atoms with Gasteiger partial charge in [0.2, 0.25) is 0 Å². The van der Waals surface area contributed by atoms with Gasteiger partial charge in [-0.15, -0.1) is 24.0 Å². The molecule has 0 spiro atoms. The van der Waals surface area contributed by atoms with Crippen LogP contribution >= 0.6 is 24.0 Å². The van der Waals surface area contributed by atoms with E-state index in [2.05, 4.69) is 21.7 Å². The Morgan fingerprint density at radius 3 is 2.45 bits per heavy atom. The maximum atomic E-state index is 14.0. The molecule has 2 aromatic rings. The van der Waals surface area contributed by atoms with Crippen LogP contribution in [-0.2, 0) is 24.4 Å². The fourth-order valence-corrected chi connectivity index (χ4v) is 2.96. The van der Waals surface area contributed by atoms with Crippen molar-refractivity contribution in [3.63, 3.8) is 0 Å². The molecule has 0 aromatic heterocycles. The maximum Gasteiger partial charge on any atom is 0.191 e. The van der Waals surface area contributed by atoms with Gasteiger partial charge < -0.3 is 25.0 Å². The molecule has 172 valence electrons. The van der Waals surface area contributed by atoms with Crippen molar-refractivity contribution < 1.29 is 13.9 Å². The summed E-state index contributed by atoms with van der Waals surface area (Å²) >= 11 is 0. The van der Waals surface area contributed by atoms with E-state index in [0.29, 0.717) is 44.4 Å². The lowest BCUT2D eigenvalue weighted by atomic mass is 10.1. The molecular formula is C23H34FIN4O2. The summed E-state index contributed by atoms with van der Waals surface area (Å²) in [5.41, 5.74) is 3.85. The second-order valence-corrected chi connectivity index (χ2v) is 7.40. The van der Waals surface area contributed by atoms with Crippen LogP contribution in [0.4, 0.5) is 4.39 Å². The minimum Gasteiger partial charge on any atom is -0.491 e. The SMILES string of the molecule is CN=C(NCc1ccc(F)c(CN(C)C)c1)NCc1ccc(C)cc1OCCOC.I. The van der Waals surface area contributed by atoms with E-state index in [4.69, 9.17) is 9.47 Å². The summed E-state index contributed by atoms with van der Waals surface area (Å²) in [5.74, 6) is 1.31. The Morgan fingerprint density at radius 1 is 1.03 bits per heavy atom. The maximum absolute atomic E-state index is 14.0. The largest absolute Gasteiger partial charge is 0.491 e. The van der Waals surface area contributed by atoms with Crippen molar-refractivity contribution in [3.8, 4) is 5.75 Å². The Balaban J connectivity index is 0.00000480. The lowest BCUT2D eigenvalue weighted by molar-refractivity contribution is 0.145. The van der Waals surface area contributed by atoms with Crippen molar-refractivity contribution in [1.82, 2.24) is 15.5 Å². The molecule has 0 saturated heterocycles. The Morgan fingerprint density at radius 2 is 1.77 bits per heavy atom. The summed E-state index contributed by atoms with van der Waals surface area (Å²) in [4.78, 5) is 6.23.